The normalized spacial score (nSPS) is 11.7. The van der Waals surface area contributed by atoms with Crippen LogP contribution in [0.3, 0.4) is 0 Å². The highest BCUT2D eigenvalue weighted by atomic mass is 16.5. The number of aromatic nitrogens is 1. The number of nitrogens with one attached hydrogen (secondary N) is 1. The van der Waals surface area contributed by atoms with Gasteiger partial charge in [-0.05, 0) is 13.3 Å². The molecule has 0 aliphatic heterocycles. The molecule has 19 heavy (non-hydrogen) atoms. The molecule has 1 amide bonds. The van der Waals surface area contributed by atoms with Crippen LogP contribution in [0.4, 0.5) is 0 Å². The van der Waals surface area contributed by atoms with Gasteiger partial charge in [0.05, 0.1) is 13.3 Å². The lowest BCUT2D eigenvalue weighted by Crippen LogP contribution is -2.41. The van der Waals surface area contributed by atoms with E-state index in [1.165, 1.54) is 13.3 Å². The van der Waals surface area contributed by atoms with Gasteiger partial charge in [-0.3, -0.25) is 9.59 Å². The third-order valence-electron chi connectivity index (χ3n) is 2.42. The molecular formula is C11H14N2O6. The lowest BCUT2D eigenvalue weighted by atomic mass is 10.1. The van der Waals surface area contributed by atoms with Gasteiger partial charge < -0.3 is 19.7 Å². The second-order valence-electron chi connectivity index (χ2n) is 3.82. The van der Waals surface area contributed by atoms with E-state index < -0.39 is 23.9 Å². The van der Waals surface area contributed by atoms with E-state index in [1.807, 2.05) is 0 Å². The predicted octanol–water partition coefficient (Wildman–Crippen LogP) is 0.119. The molecule has 0 fully saturated rings. The summed E-state index contributed by atoms with van der Waals surface area (Å²) in [4.78, 5) is 33.7. The highest BCUT2D eigenvalue weighted by molar-refractivity contribution is 5.95. The average molecular weight is 270 g/mol. The van der Waals surface area contributed by atoms with Crippen LogP contribution in [-0.2, 0) is 14.3 Å². The van der Waals surface area contributed by atoms with Gasteiger partial charge >= 0.3 is 11.9 Å². The minimum absolute atomic E-state index is 0.0516. The zero-order valence-electron chi connectivity index (χ0n) is 10.5. The topological polar surface area (TPSA) is 119 Å². The number of carboxylic acids is 1. The Hall–Kier alpha value is -2.38. The van der Waals surface area contributed by atoms with Gasteiger partial charge in [-0.2, -0.15) is 0 Å². The molecule has 0 saturated heterocycles. The van der Waals surface area contributed by atoms with Crippen LogP contribution < -0.4 is 5.32 Å². The lowest BCUT2D eigenvalue weighted by molar-refractivity contribution is -0.142. The Labute approximate surface area is 108 Å². The Balaban J connectivity index is 2.64. The fraction of sp³-hybridized carbons (Fsp3) is 0.455. The maximum absolute atomic E-state index is 11.7. The summed E-state index contributed by atoms with van der Waals surface area (Å²) < 4.78 is 9.11. The van der Waals surface area contributed by atoms with Gasteiger partial charge in [-0.1, -0.05) is 5.16 Å². The highest BCUT2D eigenvalue weighted by Gasteiger charge is 2.24. The van der Waals surface area contributed by atoms with Gasteiger partial charge in [-0.25, -0.2) is 4.79 Å². The Bertz CT molecular complexity index is 481. The summed E-state index contributed by atoms with van der Waals surface area (Å²) in [5.74, 6) is -2.53. The van der Waals surface area contributed by atoms with E-state index in [2.05, 4.69) is 15.2 Å². The van der Waals surface area contributed by atoms with Crippen molar-refractivity contribution >= 4 is 17.8 Å². The molecule has 0 aliphatic carbocycles. The van der Waals surface area contributed by atoms with E-state index in [0.29, 0.717) is 5.56 Å². The maximum atomic E-state index is 11.7. The van der Waals surface area contributed by atoms with Crippen molar-refractivity contribution in [3.63, 3.8) is 0 Å². The first-order valence-electron chi connectivity index (χ1n) is 5.47. The van der Waals surface area contributed by atoms with E-state index >= 15 is 0 Å². The number of hydrogen-bond donors (Lipinski definition) is 2. The zero-order valence-corrected chi connectivity index (χ0v) is 10.5. The smallest absolute Gasteiger partial charge is 0.326 e. The molecule has 0 bridgehead atoms. The van der Waals surface area contributed by atoms with Gasteiger partial charge in [-0.15, -0.1) is 0 Å². The highest BCUT2D eigenvalue weighted by Crippen LogP contribution is 2.07. The van der Waals surface area contributed by atoms with Gasteiger partial charge in [0.25, 0.3) is 5.91 Å². The van der Waals surface area contributed by atoms with Crippen molar-refractivity contribution in [2.45, 2.75) is 25.8 Å². The molecule has 1 heterocycles. The molecule has 0 aliphatic rings. The number of carbonyl (C=O) groups is 3. The van der Waals surface area contributed by atoms with Crippen LogP contribution in [0.5, 0.6) is 0 Å². The average Bonchev–Trinajstić information content (AvgIpc) is 2.79. The number of ether oxygens (including phenoxy) is 1. The van der Waals surface area contributed by atoms with Gasteiger partial charge in [0.1, 0.15) is 6.04 Å². The van der Waals surface area contributed by atoms with E-state index in [-0.39, 0.29) is 18.6 Å². The first-order chi connectivity index (χ1) is 8.95. The predicted molar refractivity (Wildman–Crippen MR) is 61.4 cm³/mol. The number of carbonyl (C=O) groups excluding carboxylic acids is 2. The van der Waals surface area contributed by atoms with E-state index in [0.717, 1.165) is 0 Å². The molecule has 104 valence electrons. The van der Waals surface area contributed by atoms with Crippen molar-refractivity contribution in [1.29, 1.82) is 0 Å². The Kier molecular flexibility index (Phi) is 5.04. The number of rotatable bonds is 6. The summed E-state index contributed by atoms with van der Waals surface area (Å²) in [6.45, 7) is 1.61. The number of carboxylic acid groups (broad SMARTS) is 1. The number of aryl methyl sites for hydroxylation is 1. The van der Waals surface area contributed by atoms with Gasteiger partial charge in [0, 0.05) is 12.0 Å². The molecule has 8 nitrogen and oxygen atoms in total. The van der Waals surface area contributed by atoms with Crippen LogP contribution in [0.25, 0.3) is 0 Å². The minimum atomic E-state index is -1.24. The number of esters is 1. The number of methoxy groups -OCH3 is 1. The van der Waals surface area contributed by atoms with Crippen molar-refractivity contribution in [2.75, 3.05) is 7.11 Å². The molecule has 8 heteroatoms. The number of hydrogen-bond acceptors (Lipinski definition) is 6. The number of amides is 1. The van der Waals surface area contributed by atoms with Crippen molar-refractivity contribution in [3.8, 4) is 0 Å². The molecule has 1 atom stereocenters. The van der Waals surface area contributed by atoms with Gasteiger partial charge in [0.2, 0.25) is 5.76 Å². The number of aliphatic carboxylic acids is 1. The molecular weight excluding hydrogens is 256 g/mol. The standard InChI is InChI=1S/C11H14N2O6/c1-6-5-12-19-9(6)10(15)13-7(11(16)17)3-4-8(14)18-2/h5,7H,3-4H2,1-2H3,(H,13,15)(H,16,17)/t7-/m0/s1. The van der Waals surface area contributed by atoms with Crippen LogP contribution in [0.15, 0.2) is 10.7 Å². The summed E-state index contributed by atoms with van der Waals surface area (Å²) in [7, 11) is 1.20. The van der Waals surface area contributed by atoms with Crippen LogP contribution in [0, 0.1) is 6.92 Å². The second-order valence-corrected chi connectivity index (χ2v) is 3.82. The Morgan fingerprint density at radius 3 is 2.68 bits per heavy atom. The molecule has 0 radical (unpaired) electrons. The third kappa shape index (κ3) is 4.09. The quantitative estimate of drug-likeness (QED) is 0.704. The summed E-state index contributed by atoms with van der Waals surface area (Å²) >= 11 is 0. The van der Waals surface area contributed by atoms with Crippen molar-refractivity contribution < 1.29 is 28.8 Å². The SMILES string of the molecule is COC(=O)CC[C@H](NC(=O)c1oncc1C)C(=O)O. The summed E-state index contributed by atoms with van der Waals surface area (Å²) in [6.07, 6.45) is 1.17. The van der Waals surface area contributed by atoms with Crippen molar-refractivity contribution in [1.82, 2.24) is 10.5 Å². The first-order valence-corrected chi connectivity index (χ1v) is 5.47. The molecule has 1 aromatic rings. The van der Waals surface area contributed by atoms with Crippen LogP contribution >= 0.6 is 0 Å². The van der Waals surface area contributed by atoms with Crippen LogP contribution in [0.1, 0.15) is 29.0 Å². The minimum Gasteiger partial charge on any atom is -0.480 e. The van der Waals surface area contributed by atoms with Crippen molar-refractivity contribution in [2.24, 2.45) is 0 Å². The van der Waals surface area contributed by atoms with Crippen LogP contribution in [0.2, 0.25) is 0 Å². The maximum Gasteiger partial charge on any atom is 0.326 e. The van der Waals surface area contributed by atoms with E-state index in [4.69, 9.17) is 9.63 Å². The Morgan fingerprint density at radius 1 is 1.53 bits per heavy atom. The Morgan fingerprint density at radius 2 is 2.21 bits per heavy atom. The molecule has 1 aromatic heterocycles. The molecule has 0 unspecified atom stereocenters. The van der Waals surface area contributed by atoms with E-state index in [1.54, 1.807) is 6.92 Å². The van der Waals surface area contributed by atoms with Gasteiger partial charge in [0.15, 0.2) is 0 Å². The molecule has 0 spiro atoms. The zero-order chi connectivity index (χ0) is 14.4. The molecule has 0 saturated carbocycles. The number of nitrogens with zero attached hydrogens (tertiary/aromatic N) is 1. The molecule has 0 aromatic carbocycles. The van der Waals surface area contributed by atoms with E-state index in [9.17, 15) is 14.4 Å². The summed E-state index contributed by atoms with van der Waals surface area (Å²) in [5, 5.41) is 14.6. The first kappa shape index (κ1) is 14.7. The summed E-state index contributed by atoms with van der Waals surface area (Å²) in [5.41, 5.74) is 0.495. The largest absolute Gasteiger partial charge is 0.480 e. The van der Waals surface area contributed by atoms with Crippen molar-refractivity contribution in [3.05, 3.63) is 17.5 Å². The van der Waals surface area contributed by atoms with Crippen LogP contribution in [-0.4, -0.2) is 41.3 Å². The third-order valence-corrected chi connectivity index (χ3v) is 2.42. The fourth-order valence-electron chi connectivity index (χ4n) is 1.35. The second kappa shape index (κ2) is 6.53. The fourth-order valence-corrected chi connectivity index (χ4v) is 1.35. The molecule has 1 rings (SSSR count). The monoisotopic (exact) mass is 270 g/mol. The lowest BCUT2D eigenvalue weighted by Gasteiger charge is -2.12. The molecule has 2 N–H and O–H groups in total. The summed E-state index contributed by atoms with van der Waals surface area (Å²) in [6, 6.07) is -1.20.